The molecule has 0 aliphatic carbocycles. The molecule has 0 unspecified atom stereocenters. The number of para-hydroxylation sites is 1. The Bertz CT molecular complexity index is 580. The van der Waals surface area contributed by atoms with Gasteiger partial charge in [-0.15, -0.1) is 11.3 Å². The van der Waals surface area contributed by atoms with Gasteiger partial charge in [0.15, 0.2) is 0 Å². The lowest BCUT2D eigenvalue weighted by Gasteiger charge is -2.18. The number of benzene rings is 1. The summed E-state index contributed by atoms with van der Waals surface area (Å²) in [6, 6.07) is 7.52. The van der Waals surface area contributed by atoms with Crippen molar-refractivity contribution < 1.29 is 4.79 Å². The van der Waals surface area contributed by atoms with E-state index in [1.807, 2.05) is 51.5 Å². The number of nitrogens with zero attached hydrogens (tertiary/aromatic N) is 2. The maximum atomic E-state index is 12.4. The molecule has 100 valence electrons. The monoisotopic (exact) mass is 275 g/mol. The van der Waals surface area contributed by atoms with Crippen molar-refractivity contribution in [3.8, 4) is 0 Å². The number of anilines is 1. The molecule has 0 saturated carbocycles. The van der Waals surface area contributed by atoms with Gasteiger partial charge in [0.25, 0.3) is 5.91 Å². The Kier molecular flexibility index (Phi) is 4.16. The molecular weight excluding hydrogens is 258 g/mol. The molecule has 5 heteroatoms. The van der Waals surface area contributed by atoms with Crippen molar-refractivity contribution in [1.82, 2.24) is 9.88 Å². The Hall–Kier alpha value is -1.88. The van der Waals surface area contributed by atoms with Crippen molar-refractivity contribution in [1.29, 1.82) is 0 Å². The first-order valence-corrected chi connectivity index (χ1v) is 6.87. The van der Waals surface area contributed by atoms with Gasteiger partial charge >= 0.3 is 0 Å². The van der Waals surface area contributed by atoms with Crippen LogP contribution in [0.2, 0.25) is 0 Å². The van der Waals surface area contributed by atoms with Crippen molar-refractivity contribution >= 4 is 22.9 Å². The molecule has 0 spiro atoms. The SMILES string of the molecule is CNc1ccccc1C(=O)N(C)Cc1cnc(C)s1. The van der Waals surface area contributed by atoms with Gasteiger partial charge in [-0.2, -0.15) is 0 Å². The second kappa shape index (κ2) is 5.84. The third-order valence-electron chi connectivity index (χ3n) is 2.84. The van der Waals surface area contributed by atoms with E-state index >= 15 is 0 Å². The molecule has 2 aromatic rings. The van der Waals surface area contributed by atoms with Crippen molar-refractivity contribution in [2.45, 2.75) is 13.5 Å². The Balaban J connectivity index is 2.14. The van der Waals surface area contributed by atoms with Crippen LogP contribution in [0.1, 0.15) is 20.2 Å². The van der Waals surface area contributed by atoms with Crippen molar-refractivity contribution in [3.63, 3.8) is 0 Å². The third-order valence-corrected chi connectivity index (χ3v) is 3.73. The van der Waals surface area contributed by atoms with E-state index in [-0.39, 0.29) is 5.91 Å². The highest BCUT2D eigenvalue weighted by Gasteiger charge is 2.15. The number of hydrogen-bond donors (Lipinski definition) is 1. The van der Waals surface area contributed by atoms with Gasteiger partial charge < -0.3 is 10.2 Å². The molecule has 1 aromatic heterocycles. The second-order valence-electron chi connectivity index (χ2n) is 4.30. The number of carbonyl (C=O) groups is 1. The zero-order valence-corrected chi connectivity index (χ0v) is 12.1. The standard InChI is InChI=1S/C14H17N3OS/c1-10-16-8-11(19-10)9-17(3)14(18)12-6-4-5-7-13(12)15-2/h4-8,15H,9H2,1-3H3. The molecular formula is C14H17N3OS. The van der Waals surface area contributed by atoms with Crippen LogP contribution in [0.5, 0.6) is 0 Å². The number of thiazole rings is 1. The van der Waals surface area contributed by atoms with Crippen LogP contribution in [0.3, 0.4) is 0 Å². The van der Waals surface area contributed by atoms with Crippen molar-refractivity contribution in [3.05, 3.63) is 45.9 Å². The minimum atomic E-state index is 0.0102. The number of aromatic nitrogens is 1. The van der Waals surface area contributed by atoms with Gasteiger partial charge in [-0.1, -0.05) is 12.1 Å². The lowest BCUT2D eigenvalue weighted by molar-refractivity contribution is 0.0787. The predicted octanol–water partition coefficient (Wildman–Crippen LogP) is 2.77. The predicted molar refractivity (Wildman–Crippen MR) is 78.6 cm³/mol. The van der Waals surface area contributed by atoms with Crippen LogP contribution >= 0.6 is 11.3 Å². The van der Waals surface area contributed by atoms with Crippen LogP contribution in [0.15, 0.2) is 30.5 Å². The molecule has 0 fully saturated rings. The van der Waals surface area contributed by atoms with Gasteiger partial charge in [0.1, 0.15) is 0 Å². The van der Waals surface area contributed by atoms with Gasteiger partial charge in [-0.25, -0.2) is 4.98 Å². The minimum Gasteiger partial charge on any atom is -0.387 e. The van der Waals surface area contributed by atoms with E-state index in [0.29, 0.717) is 12.1 Å². The zero-order chi connectivity index (χ0) is 13.8. The summed E-state index contributed by atoms with van der Waals surface area (Å²) in [5, 5.41) is 4.06. The summed E-state index contributed by atoms with van der Waals surface area (Å²) in [6.45, 7) is 2.55. The summed E-state index contributed by atoms with van der Waals surface area (Å²) in [5.41, 5.74) is 1.54. The first kappa shape index (κ1) is 13.5. The molecule has 19 heavy (non-hydrogen) atoms. The van der Waals surface area contributed by atoms with Gasteiger partial charge in [-0.05, 0) is 19.1 Å². The van der Waals surface area contributed by atoms with Crippen LogP contribution in [0.4, 0.5) is 5.69 Å². The quantitative estimate of drug-likeness (QED) is 0.933. The number of amides is 1. The smallest absolute Gasteiger partial charge is 0.256 e. The lowest BCUT2D eigenvalue weighted by Crippen LogP contribution is -2.26. The summed E-state index contributed by atoms with van der Waals surface area (Å²) in [7, 11) is 3.63. The molecule has 4 nitrogen and oxygen atoms in total. The maximum Gasteiger partial charge on any atom is 0.256 e. The Morgan fingerprint density at radius 3 is 2.79 bits per heavy atom. The van der Waals surface area contributed by atoms with Crippen LogP contribution in [-0.4, -0.2) is 29.9 Å². The van der Waals surface area contributed by atoms with Crippen LogP contribution in [-0.2, 0) is 6.54 Å². The van der Waals surface area contributed by atoms with E-state index < -0.39 is 0 Å². The fraction of sp³-hybridized carbons (Fsp3) is 0.286. The average Bonchev–Trinajstić information content (AvgIpc) is 2.83. The van der Waals surface area contributed by atoms with Gasteiger partial charge in [0, 0.05) is 30.9 Å². The molecule has 0 aliphatic rings. The van der Waals surface area contributed by atoms with E-state index in [1.54, 1.807) is 16.2 Å². The molecule has 0 radical (unpaired) electrons. The van der Waals surface area contributed by atoms with E-state index in [0.717, 1.165) is 15.6 Å². The average molecular weight is 275 g/mol. The van der Waals surface area contributed by atoms with Crippen molar-refractivity contribution in [2.24, 2.45) is 0 Å². The summed E-state index contributed by atoms with van der Waals surface area (Å²) < 4.78 is 0. The lowest BCUT2D eigenvalue weighted by atomic mass is 10.1. The molecule has 1 amide bonds. The number of rotatable bonds is 4. The van der Waals surface area contributed by atoms with Crippen molar-refractivity contribution in [2.75, 3.05) is 19.4 Å². The number of carbonyl (C=O) groups excluding carboxylic acids is 1. The molecule has 0 aliphatic heterocycles. The molecule has 0 bridgehead atoms. The molecule has 1 heterocycles. The first-order chi connectivity index (χ1) is 9.11. The number of aryl methyl sites for hydroxylation is 1. The fourth-order valence-electron chi connectivity index (χ4n) is 1.88. The topological polar surface area (TPSA) is 45.2 Å². The highest BCUT2D eigenvalue weighted by atomic mass is 32.1. The van der Waals surface area contributed by atoms with Crippen LogP contribution in [0.25, 0.3) is 0 Å². The molecule has 1 N–H and O–H groups in total. The van der Waals surface area contributed by atoms with E-state index in [4.69, 9.17) is 0 Å². The fourth-order valence-corrected chi connectivity index (χ4v) is 2.73. The van der Waals surface area contributed by atoms with Gasteiger partial charge in [-0.3, -0.25) is 4.79 Å². The summed E-state index contributed by atoms with van der Waals surface area (Å²) in [4.78, 5) is 19.4. The molecule has 1 aromatic carbocycles. The number of hydrogen-bond acceptors (Lipinski definition) is 4. The third kappa shape index (κ3) is 3.12. The summed E-state index contributed by atoms with van der Waals surface area (Å²) >= 11 is 1.62. The van der Waals surface area contributed by atoms with E-state index in [9.17, 15) is 4.79 Å². The molecule has 0 atom stereocenters. The maximum absolute atomic E-state index is 12.4. The first-order valence-electron chi connectivity index (χ1n) is 6.05. The highest BCUT2D eigenvalue weighted by molar-refractivity contribution is 7.11. The molecule has 0 saturated heterocycles. The van der Waals surface area contributed by atoms with Crippen LogP contribution in [0, 0.1) is 6.92 Å². The normalized spacial score (nSPS) is 10.3. The number of nitrogens with one attached hydrogen (secondary N) is 1. The Morgan fingerprint density at radius 1 is 1.42 bits per heavy atom. The largest absolute Gasteiger partial charge is 0.387 e. The van der Waals surface area contributed by atoms with Gasteiger partial charge in [0.05, 0.1) is 17.1 Å². The minimum absolute atomic E-state index is 0.0102. The van der Waals surface area contributed by atoms with Gasteiger partial charge in [0.2, 0.25) is 0 Å². The Labute approximate surface area is 117 Å². The summed E-state index contributed by atoms with van der Waals surface area (Å²) in [6.07, 6.45) is 1.83. The Morgan fingerprint density at radius 2 is 2.16 bits per heavy atom. The zero-order valence-electron chi connectivity index (χ0n) is 11.3. The molecule has 2 rings (SSSR count). The second-order valence-corrected chi connectivity index (χ2v) is 5.62. The van der Waals surface area contributed by atoms with E-state index in [1.165, 1.54) is 0 Å². The summed E-state index contributed by atoms with van der Waals surface area (Å²) in [5.74, 6) is 0.0102. The van der Waals surface area contributed by atoms with Crippen LogP contribution < -0.4 is 5.32 Å². The highest BCUT2D eigenvalue weighted by Crippen LogP contribution is 2.19. The van der Waals surface area contributed by atoms with E-state index in [2.05, 4.69) is 10.3 Å².